The first-order valence-electron chi connectivity index (χ1n) is 8.31. The number of amides is 1. The monoisotopic (exact) mass is 386 g/mol. The molecule has 0 aliphatic rings. The molecule has 1 atom stereocenters. The summed E-state index contributed by atoms with van der Waals surface area (Å²) in [4.78, 5) is 17.6. The highest BCUT2D eigenvalue weighted by Gasteiger charge is 2.16. The standard InChI is InChI=1S/C20H19ClN2O4/c1-12(19-10-14-6-4-5-7-17(14)26-19)23-27-13(2)20(24)22-15-8-9-18(25-3)16(21)11-15/h4-11,13H,1-3H3,(H,22,24). The lowest BCUT2D eigenvalue weighted by Gasteiger charge is -2.12. The van der Waals surface area contributed by atoms with Crippen LogP contribution in [0.4, 0.5) is 5.69 Å². The van der Waals surface area contributed by atoms with Crippen LogP contribution in [0.1, 0.15) is 19.6 Å². The van der Waals surface area contributed by atoms with E-state index in [0.29, 0.717) is 27.9 Å². The molecule has 1 unspecified atom stereocenters. The number of ether oxygens (including phenoxy) is 1. The van der Waals surface area contributed by atoms with Crippen LogP contribution in [-0.4, -0.2) is 24.8 Å². The number of benzene rings is 2. The van der Waals surface area contributed by atoms with E-state index in [1.54, 1.807) is 32.0 Å². The third-order valence-corrected chi connectivity index (χ3v) is 4.21. The number of fused-ring (bicyclic) bond motifs is 1. The molecule has 7 heteroatoms. The van der Waals surface area contributed by atoms with Gasteiger partial charge >= 0.3 is 0 Å². The molecule has 0 saturated carbocycles. The summed E-state index contributed by atoms with van der Waals surface area (Å²) in [6, 6.07) is 14.5. The highest BCUT2D eigenvalue weighted by atomic mass is 35.5. The van der Waals surface area contributed by atoms with Crippen LogP contribution < -0.4 is 10.1 Å². The second-order valence-corrected chi connectivity index (χ2v) is 6.32. The van der Waals surface area contributed by atoms with E-state index in [1.165, 1.54) is 7.11 Å². The number of para-hydroxylation sites is 1. The molecule has 27 heavy (non-hydrogen) atoms. The van der Waals surface area contributed by atoms with E-state index < -0.39 is 6.10 Å². The highest BCUT2D eigenvalue weighted by Crippen LogP contribution is 2.27. The van der Waals surface area contributed by atoms with Gasteiger partial charge in [-0.3, -0.25) is 4.79 Å². The van der Waals surface area contributed by atoms with E-state index in [0.717, 1.165) is 11.0 Å². The van der Waals surface area contributed by atoms with E-state index >= 15 is 0 Å². The van der Waals surface area contributed by atoms with Crippen molar-refractivity contribution in [3.8, 4) is 5.75 Å². The van der Waals surface area contributed by atoms with Gasteiger partial charge in [0, 0.05) is 11.1 Å². The molecule has 1 heterocycles. The zero-order valence-corrected chi connectivity index (χ0v) is 15.9. The SMILES string of the molecule is COc1ccc(NC(=O)C(C)ON=C(C)c2cc3ccccc3o2)cc1Cl. The number of carbonyl (C=O) groups excluding carboxylic acids is 1. The molecular formula is C20H19ClN2O4. The van der Waals surface area contributed by atoms with Crippen LogP contribution in [0.5, 0.6) is 5.75 Å². The van der Waals surface area contributed by atoms with Crippen LogP contribution in [0, 0.1) is 0 Å². The largest absolute Gasteiger partial charge is 0.495 e. The summed E-state index contributed by atoms with van der Waals surface area (Å²) in [7, 11) is 1.53. The number of nitrogens with one attached hydrogen (secondary N) is 1. The third-order valence-electron chi connectivity index (χ3n) is 3.92. The lowest BCUT2D eigenvalue weighted by molar-refractivity contribution is -0.126. The molecular weight excluding hydrogens is 368 g/mol. The summed E-state index contributed by atoms with van der Waals surface area (Å²) < 4.78 is 10.8. The van der Waals surface area contributed by atoms with Crippen molar-refractivity contribution in [2.75, 3.05) is 12.4 Å². The van der Waals surface area contributed by atoms with Crippen molar-refractivity contribution < 1.29 is 18.8 Å². The zero-order valence-electron chi connectivity index (χ0n) is 15.2. The van der Waals surface area contributed by atoms with E-state index in [2.05, 4.69) is 10.5 Å². The number of carbonyl (C=O) groups is 1. The second kappa shape index (κ2) is 8.14. The fraction of sp³-hybridized carbons (Fsp3) is 0.200. The summed E-state index contributed by atoms with van der Waals surface area (Å²) in [6.45, 7) is 3.36. The van der Waals surface area contributed by atoms with Crippen LogP contribution >= 0.6 is 11.6 Å². The van der Waals surface area contributed by atoms with Crippen molar-refractivity contribution in [1.29, 1.82) is 0 Å². The topological polar surface area (TPSA) is 73.1 Å². The summed E-state index contributed by atoms with van der Waals surface area (Å²) in [6.07, 6.45) is -0.801. The molecule has 1 aromatic heterocycles. The van der Waals surface area contributed by atoms with Crippen molar-refractivity contribution in [3.63, 3.8) is 0 Å². The van der Waals surface area contributed by atoms with Crippen molar-refractivity contribution in [2.24, 2.45) is 5.16 Å². The summed E-state index contributed by atoms with van der Waals surface area (Å²) >= 11 is 6.06. The molecule has 2 aromatic carbocycles. The molecule has 140 valence electrons. The van der Waals surface area contributed by atoms with Gasteiger partial charge < -0.3 is 19.3 Å². The minimum absolute atomic E-state index is 0.350. The zero-order chi connectivity index (χ0) is 19.4. The van der Waals surface area contributed by atoms with Gasteiger partial charge in [0.25, 0.3) is 5.91 Å². The van der Waals surface area contributed by atoms with Crippen molar-refractivity contribution in [1.82, 2.24) is 0 Å². The predicted octanol–water partition coefficient (Wildman–Crippen LogP) is 4.86. The van der Waals surface area contributed by atoms with Gasteiger partial charge in [-0.2, -0.15) is 0 Å². The highest BCUT2D eigenvalue weighted by molar-refractivity contribution is 6.32. The maximum absolute atomic E-state index is 12.3. The molecule has 0 aliphatic carbocycles. The van der Waals surface area contributed by atoms with Crippen LogP contribution in [0.3, 0.4) is 0 Å². The van der Waals surface area contributed by atoms with Gasteiger partial charge in [0.1, 0.15) is 17.0 Å². The summed E-state index contributed by atoms with van der Waals surface area (Å²) in [5.74, 6) is 0.771. The van der Waals surface area contributed by atoms with Crippen LogP contribution in [0.15, 0.2) is 58.1 Å². The van der Waals surface area contributed by atoms with Crippen LogP contribution in [0.2, 0.25) is 5.02 Å². The first kappa shape index (κ1) is 18.8. The average Bonchev–Trinajstić information content (AvgIpc) is 3.10. The lowest BCUT2D eigenvalue weighted by Crippen LogP contribution is -2.26. The van der Waals surface area contributed by atoms with Crippen molar-refractivity contribution in [2.45, 2.75) is 20.0 Å². The normalized spacial score (nSPS) is 12.7. The third kappa shape index (κ3) is 4.41. The van der Waals surface area contributed by atoms with Gasteiger partial charge in [0.15, 0.2) is 5.76 Å². The number of furan rings is 1. The molecule has 0 radical (unpaired) electrons. The maximum atomic E-state index is 12.3. The molecule has 1 amide bonds. The molecule has 0 fully saturated rings. The fourth-order valence-corrected chi connectivity index (χ4v) is 2.66. The molecule has 0 bridgehead atoms. The Bertz CT molecular complexity index is 964. The Morgan fingerprint density at radius 2 is 2.00 bits per heavy atom. The molecule has 1 N–H and O–H groups in total. The number of hydrogen-bond acceptors (Lipinski definition) is 5. The van der Waals surface area contributed by atoms with Gasteiger partial charge in [-0.05, 0) is 44.2 Å². The van der Waals surface area contributed by atoms with Crippen LogP contribution in [0.25, 0.3) is 11.0 Å². The molecule has 0 saturated heterocycles. The molecule has 0 spiro atoms. The maximum Gasteiger partial charge on any atom is 0.267 e. The van der Waals surface area contributed by atoms with Gasteiger partial charge in [-0.1, -0.05) is 35.0 Å². The van der Waals surface area contributed by atoms with Gasteiger partial charge in [0.2, 0.25) is 6.10 Å². The Labute approximate surface area is 161 Å². The molecule has 6 nitrogen and oxygen atoms in total. The fourth-order valence-electron chi connectivity index (χ4n) is 2.40. The minimum Gasteiger partial charge on any atom is -0.495 e. The first-order valence-corrected chi connectivity index (χ1v) is 8.69. The number of oxime groups is 1. The van der Waals surface area contributed by atoms with E-state index in [-0.39, 0.29) is 5.91 Å². The lowest BCUT2D eigenvalue weighted by atomic mass is 10.2. The smallest absolute Gasteiger partial charge is 0.267 e. The molecule has 3 aromatic rings. The Kier molecular flexibility index (Phi) is 5.66. The molecule has 0 aliphatic heterocycles. The Balaban J connectivity index is 1.63. The number of anilines is 1. The number of halogens is 1. The van der Waals surface area contributed by atoms with Gasteiger partial charge in [-0.25, -0.2) is 0 Å². The Morgan fingerprint density at radius 3 is 2.70 bits per heavy atom. The Morgan fingerprint density at radius 1 is 1.22 bits per heavy atom. The number of hydrogen-bond donors (Lipinski definition) is 1. The number of rotatable bonds is 6. The number of methoxy groups -OCH3 is 1. The second-order valence-electron chi connectivity index (χ2n) is 5.91. The van der Waals surface area contributed by atoms with Crippen LogP contribution in [-0.2, 0) is 9.63 Å². The van der Waals surface area contributed by atoms with Crippen molar-refractivity contribution in [3.05, 3.63) is 59.3 Å². The number of nitrogens with zero attached hydrogens (tertiary/aromatic N) is 1. The summed E-state index contributed by atoms with van der Waals surface area (Å²) in [5, 5.41) is 8.12. The average molecular weight is 387 g/mol. The van der Waals surface area contributed by atoms with Gasteiger partial charge in [-0.15, -0.1) is 0 Å². The quantitative estimate of drug-likeness (QED) is 0.485. The molecule has 3 rings (SSSR count). The summed E-state index contributed by atoms with van der Waals surface area (Å²) in [5.41, 5.74) is 1.85. The van der Waals surface area contributed by atoms with Gasteiger partial charge in [0.05, 0.1) is 12.1 Å². The van der Waals surface area contributed by atoms with Crippen molar-refractivity contribution >= 4 is 39.9 Å². The van der Waals surface area contributed by atoms with E-state index in [9.17, 15) is 4.79 Å². The van der Waals surface area contributed by atoms with E-state index in [4.69, 9.17) is 25.6 Å². The predicted molar refractivity (Wildman–Crippen MR) is 106 cm³/mol. The first-order chi connectivity index (χ1) is 13.0. The minimum atomic E-state index is -0.801. The Hall–Kier alpha value is -2.99. The van der Waals surface area contributed by atoms with E-state index in [1.807, 2.05) is 30.3 Å².